The van der Waals surface area contributed by atoms with Gasteiger partial charge in [-0.25, -0.2) is 0 Å². The van der Waals surface area contributed by atoms with Crippen LogP contribution in [-0.2, 0) is 5.41 Å². The summed E-state index contributed by atoms with van der Waals surface area (Å²) >= 11 is 6.23. The molecule has 0 radical (unpaired) electrons. The fraction of sp³-hybridized carbons (Fsp3) is 0.333. The highest BCUT2D eigenvalue weighted by Crippen LogP contribution is 2.50. The number of nitrogens with two attached hydrogens (primary N) is 1. The molecule has 3 N–H and O–H groups in total. The molecule has 1 aromatic carbocycles. The molecule has 1 saturated carbocycles. The van der Waals surface area contributed by atoms with Gasteiger partial charge in [-0.3, -0.25) is 0 Å². The van der Waals surface area contributed by atoms with Crippen molar-refractivity contribution in [3.63, 3.8) is 0 Å². The first-order valence-corrected chi connectivity index (χ1v) is 5.61. The Labute approximate surface area is 93.4 Å². The number of hydrogen-bond donors (Lipinski definition) is 2. The van der Waals surface area contributed by atoms with Crippen LogP contribution in [0.1, 0.15) is 18.4 Å². The van der Waals surface area contributed by atoms with Gasteiger partial charge >= 0.3 is 0 Å². The molecule has 3 rings (SSSR count). The van der Waals surface area contributed by atoms with E-state index in [0.717, 1.165) is 15.9 Å². The van der Waals surface area contributed by atoms with Crippen molar-refractivity contribution in [2.24, 2.45) is 5.73 Å². The fourth-order valence-corrected chi connectivity index (χ4v) is 2.57. The Hall–Kier alpha value is -0.990. The lowest BCUT2D eigenvalue weighted by Gasteiger charge is -2.11. The minimum Gasteiger partial charge on any atom is -0.361 e. The number of H-pyrrole nitrogens is 1. The number of aromatic amines is 1. The molecule has 2 aromatic rings. The highest BCUT2D eigenvalue weighted by Gasteiger charge is 2.44. The Morgan fingerprint density at radius 2 is 2.20 bits per heavy atom. The topological polar surface area (TPSA) is 41.8 Å². The van der Waals surface area contributed by atoms with Crippen LogP contribution in [0, 0.1) is 0 Å². The Morgan fingerprint density at radius 1 is 1.40 bits per heavy atom. The van der Waals surface area contributed by atoms with Crippen LogP contribution in [0.3, 0.4) is 0 Å². The van der Waals surface area contributed by atoms with Crippen molar-refractivity contribution in [1.29, 1.82) is 0 Å². The van der Waals surface area contributed by atoms with E-state index in [1.807, 2.05) is 12.1 Å². The van der Waals surface area contributed by atoms with E-state index in [1.54, 1.807) is 0 Å². The van der Waals surface area contributed by atoms with Gasteiger partial charge in [-0.1, -0.05) is 17.7 Å². The molecule has 0 spiro atoms. The fourth-order valence-electron chi connectivity index (χ4n) is 2.29. The maximum atomic E-state index is 6.23. The summed E-state index contributed by atoms with van der Waals surface area (Å²) in [6, 6.07) is 5.96. The van der Waals surface area contributed by atoms with Crippen LogP contribution in [0.4, 0.5) is 0 Å². The van der Waals surface area contributed by atoms with Crippen LogP contribution in [0.2, 0.25) is 5.02 Å². The lowest BCUT2D eigenvalue weighted by atomic mass is 9.96. The molecule has 0 bridgehead atoms. The summed E-state index contributed by atoms with van der Waals surface area (Å²) < 4.78 is 0. The molecule has 1 aromatic heterocycles. The summed E-state index contributed by atoms with van der Waals surface area (Å²) in [5.41, 5.74) is 8.45. The van der Waals surface area contributed by atoms with E-state index in [4.69, 9.17) is 17.3 Å². The molecule has 1 aliphatic rings. The van der Waals surface area contributed by atoms with Crippen molar-refractivity contribution >= 4 is 22.5 Å². The predicted molar refractivity (Wildman–Crippen MR) is 63.3 cm³/mol. The number of benzene rings is 1. The quantitative estimate of drug-likeness (QED) is 0.803. The number of halogens is 1. The number of fused-ring (bicyclic) bond motifs is 1. The van der Waals surface area contributed by atoms with Gasteiger partial charge in [0.15, 0.2) is 0 Å². The standard InChI is InChI=1S/C12H13ClN2/c13-9-2-1-3-10-11(9)8(6-15-10)12(7-14)4-5-12/h1-3,6,15H,4-5,7,14H2. The van der Waals surface area contributed by atoms with Gasteiger partial charge in [0.1, 0.15) is 0 Å². The lowest BCUT2D eigenvalue weighted by molar-refractivity contribution is 0.711. The molecular weight excluding hydrogens is 208 g/mol. The molecule has 1 aliphatic carbocycles. The lowest BCUT2D eigenvalue weighted by Crippen LogP contribution is -2.19. The molecule has 0 unspecified atom stereocenters. The molecule has 1 heterocycles. The van der Waals surface area contributed by atoms with E-state index in [1.165, 1.54) is 18.4 Å². The third-order valence-electron chi connectivity index (χ3n) is 3.47. The average molecular weight is 221 g/mol. The van der Waals surface area contributed by atoms with Crippen LogP contribution in [0.25, 0.3) is 10.9 Å². The van der Waals surface area contributed by atoms with Crippen LogP contribution in [0.15, 0.2) is 24.4 Å². The van der Waals surface area contributed by atoms with Gasteiger partial charge in [0, 0.05) is 29.1 Å². The summed E-state index contributed by atoms with van der Waals surface area (Å²) in [6.45, 7) is 0.713. The van der Waals surface area contributed by atoms with Crippen LogP contribution in [-0.4, -0.2) is 11.5 Å². The minimum atomic E-state index is 0.198. The predicted octanol–water partition coefficient (Wildman–Crippen LogP) is 2.81. The number of rotatable bonds is 2. The Kier molecular flexibility index (Phi) is 1.85. The first-order valence-electron chi connectivity index (χ1n) is 5.23. The zero-order valence-corrected chi connectivity index (χ0v) is 9.14. The Balaban J connectivity index is 2.28. The monoisotopic (exact) mass is 220 g/mol. The molecule has 0 amide bonds. The van der Waals surface area contributed by atoms with Crippen molar-refractivity contribution in [3.8, 4) is 0 Å². The summed E-state index contributed by atoms with van der Waals surface area (Å²) in [7, 11) is 0. The molecule has 78 valence electrons. The van der Waals surface area contributed by atoms with E-state index in [2.05, 4.69) is 17.2 Å². The van der Waals surface area contributed by atoms with Crippen molar-refractivity contribution in [2.75, 3.05) is 6.54 Å². The van der Waals surface area contributed by atoms with Gasteiger partial charge < -0.3 is 10.7 Å². The molecule has 0 aliphatic heterocycles. The zero-order valence-electron chi connectivity index (χ0n) is 8.39. The molecule has 0 saturated heterocycles. The maximum Gasteiger partial charge on any atom is 0.0502 e. The second-order valence-electron chi connectivity index (χ2n) is 4.35. The molecule has 2 nitrogen and oxygen atoms in total. The summed E-state index contributed by atoms with van der Waals surface area (Å²) in [5, 5.41) is 1.98. The molecule has 1 fully saturated rings. The first kappa shape index (κ1) is 9.25. The largest absolute Gasteiger partial charge is 0.361 e. The van der Waals surface area contributed by atoms with Crippen LogP contribution >= 0.6 is 11.6 Å². The third-order valence-corrected chi connectivity index (χ3v) is 3.79. The van der Waals surface area contributed by atoms with Crippen LogP contribution in [0.5, 0.6) is 0 Å². The molecule has 15 heavy (non-hydrogen) atoms. The van der Waals surface area contributed by atoms with E-state index in [0.29, 0.717) is 6.54 Å². The minimum absolute atomic E-state index is 0.198. The van der Waals surface area contributed by atoms with E-state index < -0.39 is 0 Å². The van der Waals surface area contributed by atoms with E-state index in [-0.39, 0.29) is 5.41 Å². The molecule has 3 heteroatoms. The van der Waals surface area contributed by atoms with E-state index in [9.17, 15) is 0 Å². The Bertz CT molecular complexity index is 511. The van der Waals surface area contributed by atoms with Crippen molar-refractivity contribution in [2.45, 2.75) is 18.3 Å². The number of hydrogen-bond acceptors (Lipinski definition) is 1. The second kappa shape index (κ2) is 3.00. The molecular formula is C12H13ClN2. The van der Waals surface area contributed by atoms with Crippen molar-refractivity contribution < 1.29 is 0 Å². The summed E-state index contributed by atoms with van der Waals surface area (Å²) in [6.07, 6.45) is 4.43. The normalized spacial score (nSPS) is 18.3. The van der Waals surface area contributed by atoms with Crippen LogP contribution < -0.4 is 5.73 Å². The van der Waals surface area contributed by atoms with Crippen molar-refractivity contribution in [1.82, 2.24) is 4.98 Å². The second-order valence-corrected chi connectivity index (χ2v) is 4.76. The van der Waals surface area contributed by atoms with Gasteiger partial charge in [0.25, 0.3) is 0 Å². The van der Waals surface area contributed by atoms with E-state index >= 15 is 0 Å². The van der Waals surface area contributed by atoms with Gasteiger partial charge in [-0.05, 0) is 30.5 Å². The van der Waals surface area contributed by atoms with Gasteiger partial charge in [0.2, 0.25) is 0 Å². The number of aromatic nitrogens is 1. The summed E-state index contributed by atoms with van der Waals surface area (Å²) in [5.74, 6) is 0. The third kappa shape index (κ3) is 1.22. The van der Waals surface area contributed by atoms with Gasteiger partial charge in [-0.15, -0.1) is 0 Å². The average Bonchev–Trinajstić information content (AvgIpc) is 2.92. The Morgan fingerprint density at radius 3 is 2.87 bits per heavy atom. The SMILES string of the molecule is NCC1(c2c[nH]c3cccc(Cl)c23)CC1. The molecule has 0 atom stereocenters. The zero-order chi connectivity index (χ0) is 10.5. The van der Waals surface area contributed by atoms with Gasteiger partial charge in [-0.2, -0.15) is 0 Å². The number of nitrogens with one attached hydrogen (secondary N) is 1. The van der Waals surface area contributed by atoms with Crippen molar-refractivity contribution in [3.05, 3.63) is 35.0 Å². The van der Waals surface area contributed by atoms with Gasteiger partial charge in [0.05, 0.1) is 5.02 Å². The first-order chi connectivity index (χ1) is 7.27. The smallest absolute Gasteiger partial charge is 0.0502 e. The highest BCUT2D eigenvalue weighted by atomic mass is 35.5. The maximum absolute atomic E-state index is 6.23. The highest BCUT2D eigenvalue weighted by molar-refractivity contribution is 6.35. The summed E-state index contributed by atoms with van der Waals surface area (Å²) in [4.78, 5) is 3.27.